The molecule has 6 heteroatoms. The predicted octanol–water partition coefficient (Wildman–Crippen LogP) is 1.41. The van der Waals surface area contributed by atoms with E-state index in [-0.39, 0.29) is 0 Å². The van der Waals surface area contributed by atoms with Crippen molar-refractivity contribution in [2.24, 2.45) is 12.8 Å². The van der Waals surface area contributed by atoms with Crippen LogP contribution in [0.25, 0.3) is 0 Å². The van der Waals surface area contributed by atoms with Crippen LogP contribution < -0.4 is 11.1 Å². The molecular formula is C13H17N5S. The molecule has 0 saturated carbocycles. The Hall–Kier alpha value is -1.95. The topological polar surface area (TPSA) is 68.8 Å². The second kappa shape index (κ2) is 5.79. The van der Waals surface area contributed by atoms with E-state index in [1.807, 2.05) is 30.8 Å². The summed E-state index contributed by atoms with van der Waals surface area (Å²) in [7, 11) is 1.93. The van der Waals surface area contributed by atoms with Crippen LogP contribution in [0, 0.1) is 6.92 Å². The number of hydrogen-bond acceptors (Lipinski definition) is 4. The Morgan fingerprint density at radius 3 is 2.84 bits per heavy atom. The molecule has 2 aromatic heterocycles. The van der Waals surface area contributed by atoms with E-state index in [1.54, 1.807) is 12.4 Å². The fraction of sp³-hybridized carbons (Fsp3) is 0.308. The van der Waals surface area contributed by atoms with Crippen LogP contribution >= 0.6 is 12.2 Å². The molecule has 0 aliphatic carbocycles. The van der Waals surface area contributed by atoms with E-state index in [2.05, 4.69) is 15.4 Å². The van der Waals surface area contributed by atoms with Crippen LogP contribution in [0.15, 0.2) is 24.5 Å². The Balaban J connectivity index is 2.06. The Morgan fingerprint density at radius 2 is 2.21 bits per heavy atom. The Bertz CT molecular complexity index is 590. The van der Waals surface area contributed by atoms with Crippen LogP contribution in [0.2, 0.25) is 0 Å². The molecule has 19 heavy (non-hydrogen) atoms. The third kappa shape index (κ3) is 3.08. The number of thiocarbonyl (C=S) groups is 1. The number of rotatable bonds is 5. The maximum atomic E-state index is 5.74. The summed E-state index contributed by atoms with van der Waals surface area (Å²) in [4.78, 5) is 4.67. The SMILES string of the molecule is Cc1ccnc(NCCc2ccnn2C)c1C(N)=S. The second-order valence-corrected chi connectivity index (χ2v) is 4.78. The first-order valence-corrected chi connectivity index (χ1v) is 6.46. The van der Waals surface area contributed by atoms with Crippen LogP contribution in [0.5, 0.6) is 0 Å². The molecule has 0 aromatic carbocycles. The van der Waals surface area contributed by atoms with Crippen LogP contribution in [0.1, 0.15) is 16.8 Å². The van der Waals surface area contributed by atoms with E-state index in [4.69, 9.17) is 18.0 Å². The van der Waals surface area contributed by atoms with Crippen molar-refractivity contribution in [3.63, 3.8) is 0 Å². The van der Waals surface area contributed by atoms with Crippen LogP contribution in [-0.4, -0.2) is 26.3 Å². The van der Waals surface area contributed by atoms with Gasteiger partial charge >= 0.3 is 0 Å². The van der Waals surface area contributed by atoms with Gasteiger partial charge in [-0.05, 0) is 24.6 Å². The standard InChI is InChI=1S/C13H17N5S/c1-9-3-6-15-13(11(9)12(14)19)16-7-4-10-5-8-17-18(10)2/h3,5-6,8H,4,7H2,1-2H3,(H2,14,19)(H,15,16). The zero-order chi connectivity index (χ0) is 13.8. The summed E-state index contributed by atoms with van der Waals surface area (Å²) in [5.41, 5.74) is 8.76. The zero-order valence-electron chi connectivity index (χ0n) is 11.1. The maximum Gasteiger partial charge on any atom is 0.136 e. The lowest BCUT2D eigenvalue weighted by molar-refractivity contribution is 0.711. The summed E-state index contributed by atoms with van der Waals surface area (Å²) in [5, 5.41) is 7.42. The highest BCUT2D eigenvalue weighted by Gasteiger charge is 2.09. The number of nitrogens with zero attached hydrogens (tertiary/aromatic N) is 3. The molecule has 0 radical (unpaired) electrons. The predicted molar refractivity (Wildman–Crippen MR) is 80.3 cm³/mol. The van der Waals surface area contributed by atoms with Crippen LogP contribution in [-0.2, 0) is 13.5 Å². The average Bonchev–Trinajstić information content (AvgIpc) is 2.75. The minimum atomic E-state index is 0.369. The highest BCUT2D eigenvalue weighted by Crippen LogP contribution is 2.16. The van der Waals surface area contributed by atoms with E-state index < -0.39 is 0 Å². The number of nitrogens with one attached hydrogen (secondary N) is 1. The van der Waals surface area contributed by atoms with Crippen molar-refractivity contribution in [2.75, 3.05) is 11.9 Å². The van der Waals surface area contributed by atoms with E-state index in [9.17, 15) is 0 Å². The van der Waals surface area contributed by atoms with Crippen molar-refractivity contribution in [3.8, 4) is 0 Å². The summed E-state index contributed by atoms with van der Waals surface area (Å²) in [6, 6.07) is 3.90. The first-order chi connectivity index (χ1) is 9.09. The third-order valence-corrected chi connectivity index (χ3v) is 3.21. The molecule has 0 amide bonds. The Morgan fingerprint density at radius 1 is 1.42 bits per heavy atom. The largest absolute Gasteiger partial charge is 0.389 e. The van der Waals surface area contributed by atoms with Gasteiger partial charge in [-0.25, -0.2) is 4.98 Å². The highest BCUT2D eigenvalue weighted by atomic mass is 32.1. The molecule has 0 aliphatic rings. The summed E-state index contributed by atoms with van der Waals surface area (Å²) in [5.74, 6) is 0.745. The van der Waals surface area contributed by atoms with Gasteiger partial charge in [0.15, 0.2) is 0 Å². The smallest absolute Gasteiger partial charge is 0.136 e. The van der Waals surface area contributed by atoms with Gasteiger partial charge in [-0.15, -0.1) is 0 Å². The first-order valence-electron chi connectivity index (χ1n) is 6.05. The molecular weight excluding hydrogens is 258 g/mol. The molecule has 3 N–H and O–H groups in total. The lowest BCUT2D eigenvalue weighted by atomic mass is 10.1. The molecule has 0 unspecified atom stereocenters. The average molecular weight is 275 g/mol. The van der Waals surface area contributed by atoms with Gasteiger partial charge in [0.1, 0.15) is 10.8 Å². The van der Waals surface area contributed by atoms with Gasteiger partial charge in [-0.1, -0.05) is 12.2 Å². The minimum Gasteiger partial charge on any atom is -0.389 e. The van der Waals surface area contributed by atoms with Gasteiger partial charge in [-0.3, -0.25) is 4.68 Å². The number of aromatic nitrogens is 3. The van der Waals surface area contributed by atoms with Gasteiger partial charge in [0.25, 0.3) is 0 Å². The number of hydrogen-bond donors (Lipinski definition) is 2. The molecule has 0 aliphatic heterocycles. The van der Waals surface area contributed by atoms with Gasteiger partial charge in [0.05, 0.1) is 5.56 Å². The first kappa shape index (κ1) is 13.5. The molecule has 2 aromatic rings. The van der Waals surface area contributed by atoms with Gasteiger partial charge in [-0.2, -0.15) is 5.10 Å². The molecule has 0 atom stereocenters. The second-order valence-electron chi connectivity index (χ2n) is 4.34. The van der Waals surface area contributed by atoms with Crippen molar-refractivity contribution in [1.29, 1.82) is 0 Å². The summed E-state index contributed by atoms with van der Waals surface area (Å²) < 4.78 is 1.86. The molecule has 0 spiro atoms. The van der Waals surface area contributed by atoms with E-state index in [0.29, 0.717) is 4.99 Å². The monoisotopic (exact) mass is 275 g/mol. The van der Waals surface area contributed by atoms with Gasteiger partial charge in [0.2, 0.25) is 0 Å². The third-order valence-electron chi connectivity index (χ3n) is 3.00. The number of pyridine rings is 1. The van der Waals surface area contributed by atoms with Gasteiger partial charge < -0.3 is 11.1 Å². The fourth-order valence-electron chi connectivity index (χ4n) is 1.96. The van der Waals surface area contributed by atoms with Crippen LogP contribution in [0.3, 0.4) is 0 Å². The molecule has 2 heterocycles. The van der Waals surface area contributed by atoms with Crippen LogP contribution in [0.4, 0.5) is 5.82 Å². The minimum absolute atomic E-state index is 0.369. The number of nitrogens with two attached hydrogens (primary N) is 1. The maximum absolute atomic E-state index is 5.74. The van der Waals surface area contributed by atoms with Crippen molar-refractivity contribution >= 4 is 23.0 Å². The fourth-order valence-corrected chi connectivity index (χ4v) is 2.22. The quantitative estimate of drug-likeness (QED) is 0.808. The van der Waals surface area contributed by atoms with E-state index in [0.717, 1.165) is 35.6 Å². The molecule has 0 bridgehead atoms. The van der Waals surface area contributed by atoms with Crippen molar-refractivity contribution in [1.82, 2.24) is 14.8 Å². The van der Waals surface area contributed by atoms with Crippen molar-refractivity contribution in [3.05, 3.63) is 41.3 Å². The van der Waals surface area contributed by atoms with E-state index >= 15 is 0 Å². The van der Waals surface area contributed by atoms with E-state index in [1.165, 1.54) is 0 Å². The zero-order valence-corrected chi connectivity index (χ0v) is 11.9. The van der Waals surface area contributed by atoms with Crippen molar-refractivity contribution in [2.45, 2.75) is 13.3 Å². The molecule has 5 nitrogen and oxygen atoms in total. The lowest BCUT2D eigenvalue weighted by Gasteiger charge is -2.12. The summed E-state index contributed by atoms with van der Waals surface area (Å²) >= 11 is 5.07. The lowest BCUT2D eigenvalue weighted by Crippen LogP contribution is -2.17. The van der Waals surface area contributed by atoms with Crippen molar-refractivity contribution < 1.29 is 0 Å². The molecule has 100 valence electrons. The molecule has 2 rings (SSSR count). The normalized spacial score (nSPS) is 10.4. The highest BCUT2D eigenvalue weighted by molar-refractivity contribution is 7.80. The summed E-state index contributed by atoms with van der Waals surface area (Å²) in [6.45, 7) is 2.73. The Labute approximate surface area is 117 Å². The number of aryl methyl sites for hydroxylation is 2. The molecule has 0 fully saturated rings. The van der Waals surface area contributed by atoms with Gasteiger partial charge in [0, 0.05) is 38.1 Å². The summed E-state index contributed by atoms with van der Waals surface area (Å²) in [6.07, 6.45) is 4.41. The molecule has 0 saturated heterocycles. The Kier molecular flexibility index (Phi) is 4.11. The number of anilines is 1.